The summed E-state index contributed by atoms with van der Waals surface area (Å²) in [5.41, 5.74) is 3.80. The first-order chi connectivity index (χ1) is 11.3. The molecule has 3 N–H and O–H groups in total. The number of nitrogens with one attached hydrogen (secondary N) is 3. The minimum absolute atomic E-state index is 0.757. The Morgan fingerprint density at radius 1 is 0.913 bits per heavy atom. The predicted molar refractivity (Wildman–Crippen MR) is 103 cm³/mol. The lowest BCUT2D eigenvalue weighted by Crippen LogP contribution is -1.98. The summed E-state index contributed by atoms with van der Waals surface area (Å²) in [4.78, 5) is 7.60. The van der Waals surface area contributed by atoms with E-state index in [9.17, 15) is 0 Å². The van der Waals surface area contributed by atoms with Crippen molar-refractivity contribution in [3.63, 3.8) is 0 Å². The Morgan fingerprint density at radius 2 is 1.48 bits per heavy atom. The smallest absolute Gasteiger partial charge is 0.134 e. The molecule has 0 aliphatic carbocycles. The highest BCUT2D eigenvalue weighted by Crippen LogP contribution is 2.30. The molecule has 4 nitrogen and oxygen atoms in total. The first-order valence-corrected chi connectivity index (χ1v) is 8.00. The Bertz CT molecular complexity index is 628. The second kappa shape index (κ2) is 9.30. The fourth-order valence-corrected chi connectivity index (χ4v) is 2.03. The van der Waals surface area contributed by atoms with Gasteiger partial charge in [0.25, 0.3) is 0 Å². The van der Waals surface area contributed by atoms with Crippen LogP contribution in [-0.2, 0) is 0 Å². The van der Waals surface area contributed by atoms with Gasteiger partial charge in [-0.15, -0.1) is 0 Å². The van der Waals surface area contributed by atoms with E-state index in [-0.39, 0.29) is 0 Å². The molecule has 23 heavy (non-hydrogen) atoms. The molecule has 0 spiro atoms. The molecule has 0 unspecified atom stereocenters. The summed E-state index contributed by atoms with van der Waals surface area (Å²) in [5, 5.41) is 6.57. The van der Waals surface area contributed by atoms with E-state index in [2.05, 4.69) is 33.8 Å². The number of aromatic nitrogens is 2. The minimum Gasteiger partial charge on any atom is -0.340 e. The van der Waals surface area contributed by atoms with Gasteiger partial charge in [0.05, 0.1) is 22.8 Å². The molecule has 1 aliphatic heterocycles. The summed E-state index contributed by atoms with van der Waals surface area (Å²) in [5.74, 6) is 1.65. The molecule has 1 aliphatic rings. The first kappa shape index (κ1) is 18.3. The Balaban J connectivity index is 0.000000615. The van der Waals surface area contributed by atoms with E-state index in [0.29, 0.717) is 0 Å². The number of para-hydroxylation sites is 2. The van der Waals surface area contributed by atoms with Gasteiger partial charge in [-0.05, 0) is 24.3 Å². The van der Waals surface area contributed by atoms with E-state index in [1.165, 1.54) is 0 Å². The SMILES string of the molecule is C=Cc1nc(C=C2Nc3ccccc3N2)[nH]c1C=C.CC.CC. The quantitative estimate of drug-likeness (QED) is 0.693. The molecule has 0 amide bonds. The van der Waals surface area contributed by atoms with Crippen molar-refractivity contribution in [1.29, 1.82) is 0 Å². The number of benzene rings is 1. The third kappa shape index (κ3) is 4.36. The van der Waals surface area contributed by atoms with Crippen molar-refractivity contribution in [1.82, 2.24) is 9.97 Å². The van der Waals surface area contributed by atoms with Crippen molar-refractivity contribution in [2.75, 3.05) is 10.6 Å². The van der Waals surface area contributed by atoms with Crippen LogP contribution in [0.15, 0.2) is 43.2 Å². The van der Waals surface area contributed by atoms with Crippen molar-refractivity contribution < 1.29 is 0 Å². The van der Waals surface area contributed by atoms with Gasteiger partial charge in [-0.3, -0.25) is 0 Å². The molecule has 0 saturated heterocycles. The van der Waals surface area contributed by atoms with Crippen LogP contribution in [-0.4, -0.2) is 9.97 Å². The summed E-state index contributed by atoms with van der Waals surface area (Å²) < 4.78 is 0. The van der Waals surface area contributed by atoms with Crippen LogP contribution >= 0.6 is 0 Å². The maximum atomic E-state index is 4.42. The Hall–Kier alpha value is -2.75. The second-order valence-electron chi connectivity index (χ2n) is 4.18. The van der Waals surface area contributed by atoms with Crippen molar-refractivity contribution >= 4 is 29.6 Å². The van der Waals surface area contributed by atoms with Gasteiger partial charge in [-0.2, -0.15) is 0 Å². The third-order valence-electron chi connectivity index (χ3n) is 2.92. The minimum atomic E-state index is 0.757. The van der Waals surface area contributed by atoms with Crippen molar-refractivity contribution in [2.45, 2.75) is 27.7 Å². The van der Waals surface area contributed by atoms with Gasteiger partial charge >= 0.3 is 0 Å². The number of anilines is 2. The van der Waals surface area contributed by atoms with Gasteiger partial charge in [0.15, 0.2) is 0 Å². The summed E-state index contributed by atoms with van der Waals surface area (Å²) in [6.45, 7) is 15.5. The van der Waals surface area contributed by atoms with Crippen LogP contribution in [0, 0.1) is 0 Å². The number of nitrogens with zero attached hydrogens (tertiary/aromatic N) is 1. The molecule has 0 radical (unpaired) electrons. The number of hydrogen-bond acceptors (Lipinski definition) is 3. The normalized spacial score (nSPS) is 10.7. The fraction of sp³-hybridized carbons (Fsp3) is 0.211. The topological polar surface area (TPSA) is 52.7 Å². The monoisotopic (exact) mass is 310 g/mol. The van der Waals surface area contributed by atoms with Gasteiger partial charge in [-0.1, -0.05) is 53.0 Å². The molecule has 0 saturated carbocycles. The lowest BCUT2D eigenvalue weighted by Gasteiger charge is -1.97. The second-order valence-corrected chi connectivity index (χ2v) is 4.18. The van der Waals surface area contributed by atoms with Crippen LogP contribution in [0.4, 0.5) is 11.4 Å². The van der Waals surface area contributed by atoms with Gasteiger partial charge in [-0.25, -0.2) is 4.98 Å². The van der Waals surface area contributed by atoms with Crippen LogP contribution in [0.2, 0.25) is 0 Å². The molecule has 2 heterocycles. The number of imidazole rings is 1. The maximum absolute atomic E-state index is 4.42. The van der Waals surface area contributed by atoms with Crippen LogP contribution in [0.25, 0.3) is 18.2 Å². The van der Waals surface area contributed by atoms with E-state index in [1.54, 1.807) is 12.2 Å². The van der Waals surface area contributed by atoms with Crippen molar-refractivity contribution in [3.05, 3.63) is 60.5 Å². The highest BCUT2D eigenvalue weighted by atomic mass is 15.2. The van der Waals surface area contributed by atoms with E-state index in [1.807, 2.05) is 58.0 Å². The van der Waals surface area contributed by atoms with Gasteiger partial charge in [0.1, 0.15) is 11.6 Å². The lowest BCUT2D eigenvalue weighted by molar-refractivity contribution is 1.24. The third-order valence-corrected chi connectivity index (χ3v) is 2.92. The van der Waals surface area contributed by atoms with Crippen molar-refractivity contribution in [3.8, 4) is 0 Å². The number of H-pyrrole nitrogens is 1. The highest BCUT2D eigenvalue weighted by molar-refractivity contribution is 5.81. The Labute approximate surface area is 139 Å². The van der Waals surface area contributed by atoms with Gasteiger partial charge in [0.2, 0.25) is 0 Å². The van der Waals surface area contributed by atoms with Crippen LogP contribution < -0.4 is 10.6 Å². The zero-order chi connectivity index (χ0) is 17.2. The number of aromatic amines is 1. The summed E-state index contributed by atoms with van der Waals surface area (Å²) >= 11 is 0. The number of hydrogen-bond donors (Lipinski definition) is 3. The standard InChI is InChI=1S/C15H14N4.2C2H6/c1-3-10-11(4-2)17-14(16-10)9-15-18-12-7-5-6-8-13(12)19-15;2*1-2/h3-9,18-19H,1-2H2,(H,16,17);2*1-2H3. The molecule has 3 rings (SSSR count). The zero-order valence-corrected chi connectivity index (χ0v) is 14.4. The molecule has 1 aromatic carbocycles. The average Bonchev–Trinajstić information content (AvgIpc) is 3.21. The van der Waals surface area contributed by atoms with E-state index in [4.69, 9.17) is 0 Å². The van der Waals surface area contributed by atoms with E-state index >= 15 is 0 Å². The molecule has 122 valence electrons. The van der Waals surface area contributed by atoms with Crippen LogP contribution in [0.5, 0.6) is 0 Å². The average molecular weight is 310 g/mol. The largest absolute Gasteiger partial charge is 0.340 e. The maximum Gasteiger partial charge on any atom is 0.134 e. The fourth-order valence-electron chi connectivity index (χ4n) is 2.03. The lowest BCUT2D eigenvalue weighted by atomic mass is 10.3. The molecular weight excluding hydrogens is 284 g/mol. The zero-order valence-electron chi connectivity index (χ0n) is 14.4. The summed E-state index contributed by atoms with van der Waals surface area (Å²) in [6, 6.07) is 8.04. The van der Waals surface area contributed by atoms with Crippen molar-refractivity contribution in [2.24, 2.45) is 0 Å². The van der Waals surface area contributed by atoms with Crippen LogP contribution in [0.1, 0.15) is 44.9 Å². The molecule has 0 atom stereocenters. The molecular formula is C19H26N4. The number of fused-ring (bicyclic) bond motifs is 1. The van der Waals surface area contributed by atoms with E-state index in [0.717, 1.165) is 34.4 Å². The summed E-state index contributed by atoms with van der Waals surface area (Å²) in [7, 11) is 0. The highest BCUT2D eigenvalue weighted by Gasteiger charge is 2.13. The molecule has 0 fully saturated rings. The Kier molecular flexibility index (Phi) is 7.40. The summed E-state index contributed by atoms with van der Waals surface area (Å²) in [6.07, 6.45) is 5.36. The first-order valence-electron chi connectivity index (χ1n) is 8.00. The molecule has 4 heteroatoms. The molecule has 2 aromatic rings. The number of rotatable bonds is 3. The molecule has 0 bridgehead atoms. The predicted octanol–water partition coefficient (Wildman–Crippen LogP) is 5.58. The molecule has 1 aromatic heterocycles. The van der Waals surface area contributed by atoms with E-state index < -0.39 is 0 Å². The van der Waals surface area contributed by atoms with Gasteiger partial charge in [0, 0.05) is 6.08 Å². The van der Waals surface area contributed by atoms with Gasteiger partial charge < -0.3 is 15.6 Å². The Morgan fingerprint density at radius 3 is 1.91 bits per heavy atom. The van der Waals surface area contributed by atoms with Crippen LogP contribution in [0.3, 0.4) is 0 Å².